The maximum Gasteiger partial charge on any atom is 0.134 e. The summed E-state index contributed by atoms with van der Waals surface area (Å²) in [6, 6.07) is 6.23. The van der Waals surface area contributed by atoms with Crippen LogP contribution in [0.4, 0.5) is 0 Å². The van der Waals surface area contributed by atoms with Crippen molar-refractivity contribution in [2.75, 3.05) is 6.54 Å². The molecule has 90 valence electrons. The van der Waals surface area contributed by atoms with Gasteiger partial charge >= 0.3 is 0 Å². The minimum atomic E-state index is 0.817. The molecular weight excluding hydrogens is 230 g/mol. The second-order valence-corrected chi connectivity index (χ2v) is 4.99. The molecule has 2 aromatic rings. The predicted molar refractivity (Wildman–Crippen MR) is 71.3 cm³/mol. The van der Waals surface area contributed by atoms with E-state index in [1.807, 2.05) is 13.0 Å². The quantitative estimate of drug-likeness (QED) is 0.882. The van der Waals surface area contributed by atoms with Gasteiger partial charge in [0.1, 0.15) is 5.82 Å². The van der Waals surface area contributed by atoms with Gasteiger partial charge in [0.05, 0.1) is 5.69 Å². The van der Waals surface area contributed by atoms with Crippen LogP contribution in [0.2, 0.25) is 0 Å². The second-order valence-electron chi connectivity index (χ2n) is 3.95. The maximum absolute atomic E-state index is 4.58. The Morgan fingerprint density at radius 1 is 1.35 bits per heavy atom. The Hall–Kier alpha value is -1.26. The molecule has 2 rings (SSSR count). The molecular formula is C13H17N3S. The van der Waals surface area contributed by atoms with Crippen molar-refractivity contribution in [2.24, 2.45) is 0 Å². The first kappa shape index (κ1) is 12.2. The third kappa shape index (κ3) is 3.61. The smallest absolute Gasteiger partial charge is 0.134 e. The van der Waals surface area contributed by atoms with E-state index in [1.54, 1.807) is 11.3 Å². The van der Waals surface area contributed by atoms with Crippen molar-refractivity contribution >= 4 is 11.3 Å². The molecule has 17 heavy (non-hydrogen) atoms. The number of hydrogen-bond acceptors (Lipinski definition) is 4. The highest BCUT2D eigenvalue weighted by Gasteiger charge is 2.04. The lowest BCUT2D eigenvalue weighted by molar-refractivity contribution is 0.700. The fraction of sp³-hybridized carbons (Fsp3) is 0.385. The highest BCUT2D eigenvalue weighted by Crippen LogP contribution is 2.13. The lowest BCUT2D eigenvalue weighted by Gasteiger charge is -2.05. The molecule has 0 bridgehead atoms. The summed E-state index contributed by atoms with van der Waals surface area (Å²) in [6.45, 7) is 5.90. The number of aryl methyl sites for hydroxylation is 1. The average Bonchev–Trinajstić information content (AvgIpc) is 2.78. The summed E-state index contributed by atoms with van der Waals surface area (Å²) in [4.78, 5) is 10.4. The summed E-state index contributed by atoms with van der Waals surface area (Å²) in [5.74, 6) is 0.917. The van der Waals surface area contributed by atoms with E-state index in [9.17, 15) is 0 Å². The number of hydrogen-bond donors (Lipinski definition) is 1. The molecule has 0 amide bonds. The van der Waals surface area contributed by atoms with Gasteiger partial charge in [0.2, 0.25) is 0 Å². The van der Waals surface area contributed by atoms with Crippen LogP contribution >= 0.6 is 11.3 Å². The van der Waals surface area contributed by atoms with Crippen LogP contribution in [0.1, 0.15) is 29.0 Å². The van der Waals surface area contributed by atoms with Gasteiger partial charge < -0.3 is 5.32 Å². The molecule has 0 atom stereocenters. The zero-order valence-electron chi connectivity index (χ0n) is 10.2. The Labute approximate surface area is 106 Å². The largest absolute Gasteiger partial charge is 0.311 e. The second kappa shape index (κ2) is 5.89. The molecule has 0 radical (unpaired) electrons. The van der Waals surface area contributed by atoms with Gasteiger partial charge in [-0.05, 0) is 31.0 Å². The summed E-state index contributed by atoms with van der Waals surface area (Å²) in [5.41, 5.74) is 2.12. The molecule has 4 heteroatoms. The molecule has 0 saturated heterocycles. The van der Waals surface area contributed by atoms with Gasteiger partial charge in [-0.25, -0.2) is 9.97 Å². The van der Waals surface area contributed by atoms with E-state index in [-0.39, 0.29) is 0 Å². The van der Waals surface area contributed by atoms with Crippen molar-refractivity contribution < 1.29 is 0 Å². The molecule has 3 nitrogen and oxygen atoms in total. The molecule has 0 unspecified atom stereocenters. The van der Waals surface area contributed by atoms with Gasteiger partial charge in [0, 0.05) is 23.5 Å². The Morgan fingerprint density at radius 3 is 2.94 bits per heavy atom. The van der Waals surface area contributed by atoms with E-state index in [0.29, 0.717) is 0 Å². The van der Waals surface area contributed by atoms with Crippen LogP contribution < -0.4 is 5.32 Å². The lowest BCUT2D eigenvalue weighted by Crippen LogP contribution is -2.14. The van der Waals surface area contributed by atoms with Crippen LogP contribution in [0.25, 0.3) is 0 Å². The fourth-order valence-electron chi connectivity index (χ4n) is 1.69. The minimum absolute atomic E-state index is 0.817. The highest BCUT2D eigenvalue weighted by molar-refractivity contribution is 7.09. The summed E-state index contributed by atoms with van der Waals surface area (Å²) in [5, 5.41) is 5.38. The first-order chi connectivity index (χ1) is 8.28. The summed E-state index contributed by atoms with van der Waals surface area (Å²) in [6.07, 6.45) is 0.832. The van der Waals surface area contributed by atoms with Crippen molar-refractivity contribution in [1.82, 2.24) is 15.3 Å². The van der Waals surface area contributed by atoms with Gasteiger partial charge in [-0.2, -0.15) is 0 Å². The molecule has 0 aliphatic heterocycles. The van der Waals surface area contributed by atoms with Crippen molar-refractivity contribution in [3.63, 3.8) is 0 Å². The summed E-state index contributed by atoms with van der Waals surface area (Å²) >= 11 is 1.75. The standard InChI is InChI=1S/C13H17N3S/c1-3-14-9-11-7-10(2)15-13(16-11)8-12-5-4-6-17-12/h4-7,14H,3,8-9H2,1-2H3. The Bertz CT molecular complexity index is 466. The van der Waals surface area contributed by atoms with Gasteiger partial charge in [-0.15, -0.1) is 11.3 Å². The Kier molecular flexibility index (Phi) is 4.23. The fourth-order valence-corrected chi connectivity index (χ4v) is 2.39. The normalized spacial score (nSPS) is 10.7. The molecule has 0 aromatic carbocycles. The zero-order valence-corrected chi connectivity index (χ0v) is 11.0. The van der Waals surface area contributed by atoms with E-state index in [1.165, 1.54) is 4.88 Å². The third-order valence-electron chi connectivity index (χ3n) is 2.42. The number of nitrogens with one attached hydrogen (secondary N) is 1. The monoisotopic (exact) mass is 247 g/mol. The molecule has 0 aliphatic carbocycles. The van der Waals surface area contributed by atoms with Crippen LogP contribution in [0.15, 0.2) is 23.6 Å². The van der Waals surface area contributed by atoms with E-state index in [2.05, 4.69) is 39.7 Å². The first-order valence-electron chi connectivity index (χ1n) is 5.84. The van der Waals surface area contributed by atoms with Crippen molar-refractivity contribution in [1.29, 1.82) is 0 Å². The van der Waals surface area contributed by atoms with Gasteiger partial charge in [-0.3, -0.25) is 0 Å². The van der Waals surface area contributed by atoms with Crippen molar-refractivity contribution in [3.8, 4) is 0 Å². The zero-order chi connectivity index (χ0) is 12.1. The lowest BCUT2D eigenvalue weighted by atomic mass is 10.3. The number of nitrogens with zero attached hydrogens (tertiary/aromatic N) is 2. The van der Waals surface area contributed by atoms with Crippen LogP contribution in [0, 0.1) is 6.92 Å². The van der Waals surface area contributed by atoms with E-state index >= 15 is 0 Å². The topological polar surface area (TPSA) is 37.8 Å². The molecule has 2 heterocycles. The summed E-state index contributed by atoms with van der Waals surface area (Å²) in [7, 11) is 0. The minimum Gasteiger partial charge on any atom is -0.311 e. The van der Waals surface area contributed by atoms with Crippen LogP contribution in [-0.4, -0.2) is 16.5 Å². The Balaban J connectivity index is 2.13. The summed E-state index contributed by atoms with van der Waals surface area (Å²) < 4.78 is 0. The van der Waals surface area contributed by atoms with E-state index < -0.39 is 0 Å². The first-order valence-corrected chi connectivity index (χ1v) is 6.72. The van der Waals surface area contributed by atoms with Gasteiger partial charge in [-0.1, -0.05) is 13.0 Å². The average molecular weight is 247 g/mol. The molecule has 1 N–H and O–H groups in total. The predicted octanol–water partition coefficient (Wildman–Crippen LogP) is 2.55. The SMILES string of the molecule is CCNCc1cc(C)nc(Cc2cccs2)n1. The highest BCUT2D eigenvalue weighted by atomic mass is 32.1. The van der Waals surface area contributed by atoms with Gasteiger partial charge in [0.25, 0.3) is 0 Å². The van der Waals surface area contributed by atoms with Gasteiger partial charge in [0.15, 0.2) is 0 Å². The van der Waals surface area contributed by atoms with Crippen molar-refractivity contribution in [3.05, 3.63) is 45.7 Å². The molecule has 2 aromatic heterocycles. The third-order valence-corrected chi connectivity index (χ3v) is 3.30. The molecule has 0 aliphatic rings. The number of rotatable bonds is 5. The van der Waals surface area contributed by atoms with E-state index in [0.717, 1.165) is 36.7 Å². The molecule has 0 spiro atoms. The van der Waals surface area contributed by atoms with Crippen LogP contribution in [0.3, 0.4) is 0 Å². The number of aromatic nitrogens is 2. The van der Waals surface area contributed by atoms with Crippen LogP contribution in [0.5, 0.6) is 0 Å². The van der Waals surface area contributed by atoms with E-state index in [4.69, 9.17) is 0 Å². The maximum atomic E-state index is 4.58. The van der Waals surface area contributed by atoms with Crippen LogP contribution in [-0.2, 0) is 13.0 Å². The molecule has 0 saturated carbocycles. The number of thiophene rings is 1. The Morgan fingerprint density at radius 2 is 2.24 bits per heavy atom. The molecule has 0 fully saturated rings. The van der Waals surface area contributed by atoms with Crippen molar-refractivity contribution in [2.45, 2.75) is 26.8 Å².